The number of hydrogen-bond acceptors (Lipinski definition) is 5. The third kappa shape index (κ3) is 3.75. The molecular weight excluding hydrogens is 428 g/mol. The average Bonchev–Trinajstić information content (AvgIpc) is 3.19. The molecule has 5 rings (SSSR count). The van der Waals surface area contributed by atoms with E-state index in [1.807, 2.05) is 79.9 Å². The lowest BCUT2D eigenvalue weighted by Gasteiger charge is -2.31. The molecule has 1 aliphatic heterocycles. The molecule has 1 atom stereocenters. The van der Waals surface area contributed by atoms with Crippen molar-refractivity contribution in [3.05, 3.63) is 89.1 Å². The highest BCUT2D eigenvalue weighted by Crippen LogP contribution is 2.41. The SMILES string of the molecule is CCOc1cc(C2C(C(=O)Nc3ccc(C)cc3)=C(C)Nc3nc4ccccc4n32)ccc1O. The number of carbonyl (C=O) groups is 1. The molecule has 1 amide bonds. The Morgan fingerprint density at radius 1 is 1.12 bits per heavy atom. The third-order valence-electron chi connectivity index (χ3n) is 5.98. The Morgan fingerprint density at radius 3 is 2.65 bits per heavy atom. The number of imidazole rings is 1. The number of fused-ring (bicyclic) bond motifs is 3. The van der Waals surface area contributed by atoms with E-state index in [1.165, 1.54) is 0 Å². The number of phenols is 1. The van der Waals surface area contributed by atoms with Crippen molar-refractivity contribution in [2.24, 2.45) is 0 Å². The van der Waals surface area contributed by atoms with Gasteiger partial charge in [0.2, 0.25) is 5.95 Å². The van der Waals surface area contributed by atoms with Crippen LogP contribution in [-0.2, 0) is 4.79 Å². The predicted octanol–water partition coefficient (Wildman–Crippen LogP) is 5.38. The molecule has 7 nitrogen and oxygen atoms in total. The van der Waals surface area contributed by atoms with Crippen molar-refractivity contribution in [2.75, 3.05) is 17.2 Å². The number of rotatable bonds is 5. The van der Waals surface area contributed by atoms with Crippen LogP contribution in [0.25, 0.3) is 11.0 Å². The maximum absolute atomic E-state index is 13.7. The zero-order chi connectivity index (χ0) is 23.8. The Balaban J connectivity index is 1.67. The molecular formula is C27H26N4O3. The summed E-state index contributed by atoms with van der Waals surface area (Å²) in [4.78, 5) is 18.4. The smallest absolute Gasteiger partial charge is 0.255 e. The van der Waals surface area contributed by atoms with Crippen molar-refractivity contribution in [2.45, 2.75) is 26.8 Å². The molecule has 172 valence electrons. The number of benzene rings is 3. The second-order valence-corrected chi connectivity index (χ2v) is 8.34. The van der Waals surface area contributed by atoms with Gasteiger partial charge < -0.3 is 20.5 Å². The number of para-hydroxylation sites is 2. The molecule has 1 aromatic heterocycles. The average molecular weight is 455 g/mol. The van der Waals surface area contributed by atoms with Crippen LogP contribution in [0.4, 0.5) is 11.6 Å². The minimum atomic E-state index is -0.478. The maximum atomic E-state index is 13.7. The summed E-state index contributed by atoms with van der Waals surface area (Å²) in [7, 11) is 0. The quantitative estimate of drug-likeness (QED) is 0.377. The second-order valence-electron chi connectivity index (χ2n) is 8.34. The number of aryl methyl sites for hydroxylation is 1. The summed E-state index contributed by atoms with van der Waals surface area (Å²) in [6.45, 7) is 6.16. The number of aromatic hydroxyl groups is 1. The molecule has 0 aliphatic carbocycles. The summed E-state index contributed by atoms with van der Waals surface area (Å²) in [5.74, 6) is 0.872. The predicted molar refractivity (Wildman–Crippen MR) is 133 cm³/mol. The largest absolute Gasteiger partial charge is 0.504 e. The van der Waals surface area contributed by atoms with Crippen molar-refractivity contribution in [1.82, 2.24) is 9.55 Å². The highest BCUT2D eigenvalue weighted by molar-refractivity contribution is 6.06. The second kappa shape index (κ2) is 8.59. The van der Waals surface area contributed by atoms with Gasteiger partial charge in [-0.1, -0.05) is 35.9 Å². The van der Waals surface area contributed by atoms with Gasteiger partial charge in [-0.15, -0.1) is 0 Å². The fraction of sp³-hybridized carbons (Fsp3) is 0.185. The van der Waals surface area contributed by atoms with E-state index < -0.39 is 6.04 Å². The van der Waals surface area contributed by atoms with Gasteiger partial charge in [-0.25, -0.2) is 4.98 Å². The van der Waals surface area contributed by atoms with Gasteiger partial charge in [0.15, 0.2) is 11.5 Å². The van der Waals surface area contributed by atoms with Crippen LogP contribution in [0.5, 0.6) is 11.5 Å². The van der Waals surface area contributed by atoms with Gasteiger partial charge in [0.1, 0.15) is 0 Å². The van der Waals surface area contributed by atoms with Gasteiger partial charge >= 0.3 is 0 Å². The minimum absolute atomic E-state index is 0.0570. The van der Waals surface area contributed by atoms with E-state index in [9.17, 15) is 9.90 Å². The van der Waals surface area contributed by atoms with Crippen molar-refractivity contribution in [3.8, 4) is 11.5 Å². The molecule has 34 heavy (non-hydrogen) atoms. The van der Waals surface area contributed by atoms with E-state index in [0.717, 1.165) is 27.8 Å². The summed E-state index contributed by atoms with van der Waals surface area (Å²) in [6, 6.07) is 20.3. The lowest BCUT2D eigenvalue weighted by Crippen LogP contribution is -2.31. The van der Waals surface area contributed by atoms with Crippen LogP contribution in [0.1, 0.15) is 31.0 Å². The Bertz CT molecular complexity index is 1420. The number of nitrogens with one attached hydrogen (secondary N) is 2. The Kier molecular flexibility index (Phi) is 5.45. The van der Waals surface area contributed by atoms with Crippen LogP contribution in [0.3, 0.4) is 0 Å². The van der Waals surface area contributed by atoms with Crippen LogP contribution in [-0.4, -0.2) is 27.2 Å². The topological polar surface area (TPSA) is 88.4 Å². The van der Waals surface area contributed by atoms with Crippen LogP contribution in [0, 0.1) is 6.92 Å². The molecule has 3 N–H and O–H groups in total. The highest BCUT2D eigenvalue weighted by atomic mass is 16.5. The molecule has 0 spiro atoms. The Hall–Kier alpha value is -4.26. The molecule has 0 fully saturated rings. The fourth-order valence-corrected chi connectivity index (χ4v) is 4.38. The highest BCUT2D eigenvalue weighted by Gasteiger charge is 2.34. The summed E-state index contributed by atoms with van der Waals surface area (Å²) >= 11 is 0. The number of aromatic nitrogens is 2. The van der Waals surface area contributed by atoms with Gasteiger partial charge in [0.25, 0.3) is 5.91 Å². The zero-order valence-electron chi connectivity index (χ0n) is 19.3. The summed E-state index contributed by atoms with van der Waals surface area (Å²) in [5, 5.41) is 16.6. The normalized spacial score (nSPS) is 15.1. The summed E-state index contributed by atoms with van der Waals surface area (Å²) in [5.41, 5.74) is 5.64. The number of hydrogen-bond donors (Lipinski definition) is 3. The monoisotopic (exact) mass is 454 g/mol. The molecule has 3 aromatic carbocycles. The first-order valence-corrected chi connectivity index (χ1v) is 11.2. The van der Waals surface area contributed by atoms with Crippen LogP contribution >= 0.6 is 0 Å². The maximum Gasteiger partial charge on any atom is 0.255 e. The summed E-state index contributed by atoms with van der Waals surface area (Å²) < 4.78 is 7.67. The van der Waals surface area contributed by atoms with Gasteiger partial charge in [-0.3, -0.25) is 9.36 Å². The van der Waals surface area contributed by atoms with Crippen molar-refractivity contribution in [3.63, 3.8) is 0 Å². The van der Waals surface area contributed by atoms with Crippen molar-refractivity contribution in [1.29, 1.82) is 0 Å². The third-order valence-corrected chi connectivity index (χ3v) is 5.98. The van der Waals surface area contributed by atoms with Gasteiger partial charge in [0.05, 0.1) is 29.3 Å². The van der Waals surface area contributed by atoms with Crippen molar-refractivity contribution >= 4 is 28.6 Å². The lowest BCUT2D eigenvalue weighted by atomic mass is 9.94. The van der Waals surface area contributed by atoms with Gasteiger partial charge in [-0.2, -0.15) is 0 Å². The number of carbonyl (C=O) groups excluding carboxylic acids is 1. The molecule has 0 radical (unpaired) electrons. The lowest BCUT2D eigenvalue weighted by molar-refractivity contribution is -0.113. The van der Waals surface area contributed by atoms with Crippen LogP contribution < -0.4 is 15.4 Å². The van der Waals surface area contributed by atoms with Crippen LogP contribution in [0.15, 0.2) is 78.0 Å². The molecule has 1 aliphatic rings. The molecule has 2 heterocycles. The molecule has 0 saturated carbocycles. The first-order chi connectivity index (χ1) is 16.5. The first kappa shape index (κ1) is 21.6. The van der Waals surface area contributed by atoms with E-state index in [0.29, 0.717) is 29.6 Å². The number of ether oxygens (including phenoxy) is 1. The number of allylic oxidation sites excluding steroid dienone is 1. The molecule has 7 heteroatoms. The van der Waals surface area contributed by atoms with E-state index in [1.54, 1.807) is 12.1 Å². The van der Waals surface area contributed by atoms with Crippen LogP contribution in [0.2, 0.25) is 0 Å². The minimum Gasteiger partial charge on any atom is -0.504 e. The number of nitrogens with zero attached hydrogens (tertiary/aromatic N) is 2. The first-order valence-electron chi connectivity index (χ1n) is 11.2. The standard InChI is InChI=1S/C27H26N4O3/c1-4-34-23-15-18(11-14-22(23)32)25-24(26(33)29-19-12-9-16(2)10-13-19)17(3)28-27-30-20-7-5-6-8-21(20)31(25)27/h5-15,25,32H,4H2,1-3H3,(H,28,30)(H,29,33). The van der Waals surface area contributed by atoms with E-state index in [-0.39, 0.29) is 11.7 Å². The number of amides is 1. The van der Waals surface area contributed by atoms with Gasteiger partial charge in [-0.05, 0) is 62.7 Å². The van der Waals surface area contributed by atoms with E-state index in [2.05, 4.69) is 10.6 Å². The van der Waals surface area contributed by atoms with E-state index in [4.69, 9.17) is 9.72 Å². The zero-order valence-corrected chi connectivity index (χ0v) is 19.3. The van der Waals surface area contributed by atoms with Crippen molar-refractivity contribution < 1.29 is 14.6 Å². The molecule has 0 bridgehead atoms. The number of anilines is 2. The fourth-order valence-electron chi connectivity index (χ4n) is 4.38. The Morgan fingerprint density at radius 2 is 1.88 bits per heavy atom. The summed E-state index contributed by atoms with van der Waals surface area (Å²) in [6.07, 6.45) is 0. The van der Waals surface area contributed by atoms with Gasteiger partial charge in [0, 0.05) is 11.4 Å². The van der Waals surface area contributed by atoms with E-state index >= 15 is 0 Å². The number of phenolic OH excluding ortho intramolecular Hbond substituents is 1. The molecule has 1 unspecified atom stereocenters. The Labute approximate surface area is 197 Å². The molecule has 0 saturated heterocycles. The molecule has 4 aromatic rings.